The number of methoxy groups -OCH3 is 1. The summed E-state index contributed by atoms with van der Waals surface area (Å²) in [5.74, 6) is 2.17. The molecule has 1 aromatic heterocycles. The van der Waals surface area contributed by atoms with E-state index in [1.165, 1.54) is 24.1 Å². The van der Waals surface area contributed by atoms with Crippen molar-refractivity contribution in [2.24, 2.45) is 5.73 Å². The van der Waals surface area contributed by atoms with Gasteiger partial charge in [0, 0.05) is 11.5 Å². The predicted octanol–water partition coefficient (Wildman–Crippen LogP) is 1.56. The van der Waals surface area contributed by atoms with Crippen LogP contribution >= 0.6 is 0 Å². The lowest BCUT2D eigenvalue weighted by atomic mass is 10.1. The largest absolute Gasteiger partial charge is 0.481 e. The van der Waals surface area contributed by atoms with E-state index in [9.17, 15) is 0 Å². The summed E-state index contributed by atoms with van der Waals surface area (Å²) in [7, 11) is 1.67. The van der Waals surface area contributed by atoms with Crippen LogP contribution in [0, 0.1) is 6.92 Å². The highest BCUT2D eigenvalue weighted by atomic mass is 16.5. The van der Waals surface area contributed by atoms with Crippen molar-refractivity contribution in [3.8, 4) is 5.88 Å². The molecule has 0 amide bonds. The molecule has 2 rings (SSSR count). The second-order valence-corrected chi connectivity index (χ2v) is 4.31. The van der Waals surface area contributed by atoms with Crippen molar-refractivity contribution in [2.75, 3.05) is 13.7 Å². The molecule has 1 aliphatic rings. The Labute approximate surface area is 96.2 Å². The summed E-state index contributed by atoms with van der Waals surface area (Å²) < 4.78 is 5.35. The fourth-order valence-corrected chi connectivity index (χ4v) is 1.97. The zero-order valence-electron chi connectivity index (χ0n) is 9.99. The second-order valence-electron chi connectivity index (χ2n) is 4.31. The zero-order valence-corrected chi connectivity index (χ0v) is 9.99. The third-order valence-corrected chi connectivity index (χ3v) is 2.90. The van der Waals surface area contributed by atoms with Gasteiger partial charge in [-0.1, -0.05) is 0 Å². The summed E-state index contributed by atoms with van der Waals surface area (Å²) >= 11 is 0. The van der Waals surface area contributed by atoms with Gasteiger partial charge < -0.3 is 10.5 Å². The Kier molecular flexibility index (Phi) is 3.39. The molecule has 0 aliphatic heterocycles. The van der Waals surface area contributed by atoms with Gasteiger partial charge in [-0.05, 0) is 39.2 Å². The Hall–Kier alpha value is -1.16. The minimum atomic E-state index is 0.628. The average Bonchev–Trinajstić information content (AvgIpc) is 3.10. The first kappa shape index (κ1) is 11.3. The van der Waals surface area contributed by atoms with Gasteiger partial charge in [0.25, 0.3) is 0 Å². The molecule has 88 valence electrons. The highest BCUT2D eigenvalue weighted by Crippen LogP contribution is 2.42. The van der Waals surface area contributed by atoms with E-state index in [0.29, 0.717) is 12.5 Å². The predicted molar refractivity (Wildman–Crippen MR) is 62.7 cm³/mol. The molecular weight excluding hydrogens is 202 g/mol. The number of hydrogen-bond donors (Lipinski definition) is 1. The molecule has 0 bridgehead atoms. The molecule has 0 spiro atoms. The van der Waals surface area contributed by atoms with Crippen LogP contribution in [0.15, 0.2) is 0 Å². The molecule has 4 nitrogen and oxygen atoms in total. The number of nitrogens with two attached hydrogens (primary N) is 1. The highest BCUT2D eigenvalue weighted by molar-refractivity contribution is 5.35. The Morgan fingerprint density at radius 3 is 2.69 bits per heavy atom. The lowest BCUT2D eigenvalue weighted by Gasteiger charge is -2.12. The van der Waals surface area contributed by atoms with Crippen LogP contribution in [0.2, 0.25) is 0 Å². The molecule has 1 aromatic rings. The van der Waals surface area contributed by atoms with Gasteiger partial charge in [0.05, 0.1) is 12.8 Å². The van der Waals surface area contributed by atoms with Gasteiger partial charge in [-0.15, -0.1) is 0 Å². The van der Waals surface area contributed by atoms with E-state index in [0.717, 1.165) is 24.5 Å². The maximum atomic E-state index is 5.56. The van der Waals surface area contributed by atoms with Gasteiger partial charge in [0.15, 0.2) is 0 Å². The van der Waals surface area contributed by atoms with Crippen molar-refractivity contribution in [3.63, 3.8) is 0 Å². The molecule has 0 atom stereocenters. The molecule has 1 heterocycles. The van der Waals surface area contributed by atoms with Crippen LogP contribution < -0.4 is 10.5 Å². The first-order valence-electron chi connectivity index (χ1n) is 5.87. The molecule has 2 N–H and O–H groups in total. The molecule has 0 unspecified atom stereocenters. The quantitative estimate of drug-likeness (QED) is 0.819. The lowest BCUT2D eigenvalue weighted by Crippen LogP contribution is -2.08. The van der Waals surface area contributed by atoms with Crippen molar-refractivity contribution < 1.29 is 4.74 Å². The third-order valence-electron chi connectivity index (χ3n) is 2.90. The van der Waals surface area contributed by atoms with E-state index in [-0.39, 0.29) is 0 Å². The Bertz CT molecular complexity index is 375. The van der Waals surface area contributed by atoms with Crippen LogP contribution in [-0.4, -0.2) is 23.6 Å². The second kappa shape index (κ2) is 4.78. The van der Waals surface area contributed by atoms with Crippen molar-refractivity contribution in [2.45, 2.75) is 38.5 Å². The third kappa shape index (κ3) is 2.32. The molecule has 1 aliphatic carbocycles. The van der Waals surface area contributed by atoms with E-state index >= 15 is 0 Å². The Morgan fingerprint density at radius 1 is 1.38 bits per heavy atom. The van der Waals surface area contributed by atoms with Crippen molar-refractivity contribution in [1.29, 1.82) is 0 Å². The summed E-state index contributed by atoms with van der Waals surface area (Å²) in [6.07, 6.45) is 4.37. The fraction of sp³-hybridized carbons (Fsp3) is 0.667. The topological polar surface area (TPSA) is 61.0 Å². The lowest BCUT2D eigenvalue weighted by molar-refractivity contribution is 0.388. The fourth-order valence-electron chi connectivity index (χ4n) is 1.97. The number of aryl methyl sites for hydroxylation is 1. The van der Waals surface area contributed by atoms with Crippen LogP contribution in [-0.2, 0) is 6.42 Å². The summed E-state index contributed by atoms with van der Waals surface area (Å²) in [5, 5.41) is 0. The number of ether oxygens (including phenoxy) is 1. The maximum Gasteiger partial charge on any atom is 0.219 e. The van der Waals surface area contributed by atoms with Gasteiger partial charge in [0.1, 0.15) is 5.82 Å². The molecule has 1 saturated carbocycles. The zero-order chi connectivity index (χ0) is 11.5. The van der Waals surface area contributed by atoms with Crippen molar-refractivity contribution >= 4 is 0 Å². The number of aromatic nitrogens is 2. The molecule has 0 radical (unpaired) electrons. The van der Waals surface area contributed by atoms with Crippen molar-refractivity contribution in [1.82, 2.24) is 9.97 Å². The number of rotatable bonds is 5. The molecule has 0 aromatic carbocycles. The van der Waals surface area contributed by atoms with Gasteiger partial charge >= 0.3 is 0 Å². The van der Waals surface area contributed by atoms with Gasteiger partial charge in [-0.25, -0.2) is 4.98 Å². The van der Waals surface area contributed by atoms with Crippen LogP contribution in [0.3, 0.4) is 0 Å². The van der Waals surface area contributed by atoms with E-state index in [1.807, 2.05) is 6.92 Å². The van der Waals surface area contributed by atoms with E-state index in [1.54, 1.807) is 7.11 Å². The maximum absolute atomic E-state index is 5.56. The van der Waals surface area contributed by atoms with Gasteiger partial charge in [-0.2, -0.15) is 4.98 Å². The van der Waals surface area contributed by atoms with Crippen LogP contribution in [0.4, 0.5) is 0 Å². The molecule has 1 fully saturated rings. The highest BCUT2D eigenvalue weighted by Gasteiger charge is 2.29. The minimum Gasteiger partial charge on any atom is -0.481 e. The number of nitrogens with zero attached hydrogens (tertiary/aromatic N) is 2. The molecule has 0 saturated heterocycles. The van der Waals surface area contributed by atoms with E-state index in [4.69, 9.17) is 10.5 Å². The van der Waals surface area contributed by atoms with Crippen LogP contribution in [0.25, 0.3) is 0 Å². The van der Waals surface area contributed by atoms with E-state index in [2.05, 4.69) is 9.97 Å². The normalized spacial score (nSPS) is 15.2. The summed E-state index contributed by atoms with van der Waals surface area (Å²) in [6, 6.07) is 0. The number of hydrogen-bond acceptors (Lipinski definition) is 4. The van der Waals surface area contributed by atoms with Crippen molar-refractivity contribution in [3.05, 3.63) is 17.1 Å². The first-order valence-corrected chi connectivity index (χ1v) is 5.87. The molecule has 4 heteroatoms. The summed E-state index contributed by atoms with van der Waals surface area (Å²) in [6.45, 7) is 2.61. The standard InChI is InChI=1S/C12H19N3O/c1-8-14-11(9-5-6-9)10(4-3-7-13)12(15-8)16-2/h9H,3-7,13H2,1-2H3. The first-order chi connectivity index (χ1) is 7.76. The monoisotopic (exact) mass is 221 g/mol. The summed E-state index contributed by atoms with van der Waals surface area (Å²) in [5.41, 5.74) is 7.92. The average molecular weight is 221 g/mol. The molecule has 16 heavy (non-hydrogen) atoms. The smallest absolute Gasteiger partial charge is 0.219 e. The minimum absolute atomic E-state index is 0.628. The van der Waals surface area contributed by atoms with Gasteiger partial charge in [0.2, 0.25) is 5.88 Å². The Morgan fingerprint density at radius 2 is 2.12 bits per heavy atom. The molecular formula is C12H19N3O. The Balaban J connectivity index is 2.34. The van der Waals surface area contributed by atoms with Crippen LogP contribution in [0.1, 0.15) is 42.3 Å². The SMILES string of the molecule is COc1nc(C)nc(C2CC2)c1CCCN. The van der Waals surface area contributed by atoms with Gasteiger partial charge in [-0.3, -0.25) is 0 Å². The van der Waals surface area contributed by atoms with Crippen LogP contribution in [0.5, 0.6) is 5.88 Å². The summed E-state index contributed by atoms with van der Waals surface area (Å²) in [4.78, 5) is 8.91. The van der Waals surface area contributed by atoms with E-state index < -0.39 is 0 Å².